The van der Waals surface area contributed by atoms with Gasteiger partial charge in [0.15, 0.2) is 5.79 Å². The van der Waals surface area contributed by atoms with E-state index >= 15 is 0 Å². The Bertz CT molecular complexity index is 562. The minimum absolute atomic E-state index is 0.00301. The Labute approximate surface area is 159 Å². The molecule has 1 aromatic carbocycles. The van der Waals surface area contributed by atoms with Gasteiger partial charge in [-0.1, -0.05) is 68.0 Å². The molecule has 2 rings (SSSR count). The molecule has 1 aliphatic rings. The molecule has 0 saturated carbocycles. The van der Waals surface area contributed by atoms with E-state index in [1.165, 1.54) is 12.0 Å². The molecule has 3 atom stereocenters. The first-order chi connectivity index (χ1) is 12.6. The molecule has 1 fully saturated rings. The summed E-state index contributed by atoms with van der Waals surface area (Å²) in [5.74, 6) is -0.279. The second-order valence-corrected chi connectivity index (χ2v) is 7.32. The van der Waals surface area contributed by atoms with Gasteiger partial charge in [0.05, 0.1) is 19.3 Å². The molecule has 1 aromatic rings. The van der Waals surface area contributed by atoms with E-state index in [9.17, 15) is 0 Å². The zero-order chi connectivity index (χ0) is 18.8. The average molecular weight is 359 g/mol. The van der Waals surface area contributed by atoms with Gasteiger partial charge in [-0.3, -0.25) is 0 Å². The van der Waals surface area contributed by atoms with Gasteiger partial charge in [0.25, 0.3) is 0 Å². The van der Waals surface area contributed by atoms with E-state index in [0.717, 1.165) is 12.8 Å². The lowest BCUT2D eigenvalue weighted by atomic mass is 9.93. The lowest BCUT2D eigenvalue weighted by molar-refractivity contribution is -0.153. The molecular formula is C23H34O3. The summed E-state index contributed by atoms with van der Waals surface area (Å²) < 4.78 is 18.3. The van der Waals surface area contributed by atoms with Crippen molar-refractivity contribution in [1.82, 2.24) is 0 Å². The van der Waals surface area contributed by atoms with Crippen LogP contribution in [-0.4, -0.2) is 24.6 Å². The average Bonchev–Trinajstić information content (AvgIpc) is 2.93. The van der Waals surface area contributed by atoms with Gasteiger partial charge in [0.1, 0.15) is 6.10 Å². The third-order valence-corrected chi connectivity index (χ3v) is 4.51. The number of rotatable bonds is 10. The van der Waals surface area contributed by atoms with Gasteiger partial charge in [-0.2, -0.15) is 0 Å². The quantitative estimate of drug-likeness (QED) is 0.505. The second kappa shape index (κ2) is 10.7. The number of unbranched alkanes of at least 4 members (excludes halogenated alkanes) is 1. The fourth-order valence-corrected chi connectivity index (χ4v) is 3.33. The second-order valence-electron chi connectivity index (χ2n) is 7.32. The van der Waals surface area contributed by atoms with Crippen LogP contribution in [0.25, 0.3) is 0 Å². The highest BCUT2D eigenvalue weighted by atomic mass is 16.8. The van der Waals surface area contributed by atoms with Crippen molar-refractivity contribution in [2.24, 2.45) is 5.92 Å². The van der Waals surface area contributed by atoms with E-state index in [0.29, 0.717) is 19.1 Å². The summed E-state index contributed by atoms with van der Waals surface area (Å²) >= 11 is 0. The Balaban J connectivity index is 1.97. The molecule has 0 N–H and O–H groups in total. The topological polar surface area (TPSA) is 27.7 Å². The summed E-state index contributed by atoms with van der Waals surface area (Å²) in [7, 11) is 0. The number of ether oxygens (including phenoxy) is 3. The van der Waals surface area contributed by atoms with Gasteiger partial charge >= 0.3 is 0 Å². The van der Waals surface area contributed by atoms with Gasteiger partial charge < -0.3 is 14.2 Å². The van der Waals surface area contributed by atoms with Crippen LogP contribution < -0.4 is 0 Å². The fraction of sp³-hybridized carbons (Fsp3) is 0.565. The van der Waals surface area contributed by atoms with Crippen LogP contribution in [0.2, 0.25) is 0 Å². The van der Waals surface area contributed by atoms with Crippen molar-refractivity contribution in [2.45, 2.75) is 71.6 Å². The molecule has 1 aliphatic heterocycles. The largest absolute Gasteiger partial charge is 0.374 e. The predicted molar refractivity (Wildman–Crippen MR) is 107 cm³/mol. The third-order valence-electron chi connectivity index (χ3n) is 4.51. The van der Waals surface area contributed by atoms with Crippen molar-refractivity contribution in [1.29, 1.82) is 0 Å². The van der Waals surface area contributed by atoms with Crippen LogP contribution in [0.3, 0.4) is 0 Å². The Morgan fingerprint density at radius 3 is 2.62 bits per heavy atom. The molecule has 1 heterocycles. The van der Waals surface area contributed by atoms with E-state index in [-0.39, 0.29) is 12.2 Å². The van der Waals surface area contributed by atoms with Crippen LogP contribution in [0, 0.1) is 5.92 Å². The van der Waals surface area contributed by atoms with Crippen LogP contribution in [-0.2, 0) is 20.8 Å². The molecular weight excluding hydrogens is 324 g/mol. The minimum atomic E-state index is -0.571. The lowest BCUT2D eigenvalue weighted by Crippen LogP contribution is -2.33. The summed E-state index contributed by atoms with van der Waals surface area (Å²) in [6.07, 6.45) is 12.1. The highest BCUT2D eigenvalue weighted by Gasteiger charge is 2.44. The molecule has 144 valence electrons. The van der Waals surface area contributed by atoms with Gasteiger partial charge in [0.2, 0.25) is 0 Å². The molecule has 0 unspecified atom stereocenters. The van der Waals surface area contributed by atoms with Crippen molar-refractivity contribution in [3.8, 4) is 0 Å². The van der Waals surface area contributed by atoms with Crippen LogP contribution in [0.15, 0.2) is 54.6 Å². The number of benzene rings is 1. The van der Waals surface area contributed by atoms with Gasteiger partial charge in [0, 0.05) is 5.92 Å². The molecule has 1 saturated heterocycles. The van der Waals surface area contributed by atoms with Crippen molar-refractivity contribution >= 4 is 0 Å². The SMILES string of the molecule is C/C=C/[C@@H](C/C=C\CCC)[C@@H]1OC(C)(C)O[C@H]1COCc1ccccc1. The van der Waals surface area contributed by atoms with Crippen molar-refractivity contribution < 1.29 is 14.2 Å². The minimum Gasteiger partial charge on any atom is -0.374 e. The highest BCUT2D eigenvalue weighted by molar-refractivity contribution is 5.13. The first kappa shape index (κ1) is 20.9. The summed E-state index contributed by atoms with van der Waals surface area (Å²) in [4.78, 5) is 0. The smallest absolute Gasteiger partial charge is 0.163 e. The number of hydrogen-bond acceptors (Lipinski definition) is 3. The molecule has 0 aromatic heterocycles. The maximum absolute atomic E-state index is 6.25. The zero-order valence-electron chi connectivity index (χ0n) is 16.7. The first-order valence-corrected chi connectivity index (χ1v) is 9.81. The lowest BCUT2D eigenvalue weighted by Gasteiger charge is -2.23. The van der Waals surface area contributed by atoms with E-state index < -0.39 is 5.79 Å². The molecule has 0 aliphatic carbocycles. The maximum Gasteiger partial charge on any atom is 0.163 e. The first-order valence-electron chi connectivity index (χ1n) is 9.81. The van der Waals surface area contributed by atoms with E-state index in [2.05, 4.69) is 50.3 Å². The molecule has 0 radical (unpaired) electrons. The van der Waals surface area contributed by atoms with E-state index in [4.69, 9.17) is 14.2 Å². The summed E-state index contributed by atoms with van der Waals surface area (Å²) in [6, 6.07) is 10.2. The molecule has 26 heavy (non-hydrogen) atoms. The van der Waals surface area contributed by atoms with Gasteiger partial charge in [-0.25, -0.2) is 0 Å². The Kier molecular flexibility index (Phi) is 8.56. The molecule has 0 spiro atoms. The Morgan fingerprint density at radius 1 is 1.15 bits per heavy atom. The van der Waals surface area contributed by atoms with Crippen molar-refractivity contribution in [3.63, 3.8) is 0 Å². The Morgan fingerprint density at radius 2 is 1.92 bits per heavy atom. The fourth-order valence-electron chi connectivity index (χ4n) is 3.33. The normalized spacial score (nSPS) is 23.8. The zero-order valence-corrected chi connectivity index (χ0v) is 16.7. The Hall–Kier alpha value is -1.42. The van der Waals surface area contributed by atoms with E-state index in [1.807, 2.05) is 32.0 Å². The summed E-state index contributed by atoms with van der Waals surface area (Å²) in [6.45, 7) is 9.36. The molecule has 3 heteroatoms. The van der Waals surface area contributed by atoms with Crippen molar-refractivity contribution in [2.75, 3.05) is 6.61 Å². The predicted octanol–water partition coefficient (Wildman–Crippen LogP) is 5.66. The third kappa shape index (κ3) is 6.71. The van der Waals surface area contributed by atoms with Crippen molar-refractivity contribution in [3.05, 3.63) is 60.2 Å². The number of hydrogen-bond donors (Lipinski definition) is 0. The van der Waals surface area contributed by atoms with Gasteiger partial charge in [-0.05, 0) is 39.2 Å². The monoisotopic (exact) mass is 358 g/mol. The molecule has 0 bridgehead atoms. The van der Waals surface area contributed by atoms with Crippen LogP contribution in [0.5, 0.6) is 0 Å². The standard InChI is InChI=1S/C23H34O3/c1-5-7-8-12-16-20(13-6-2)22-21(25-23(3,4)26-22)18-24-17-19-14-10-9-11-15-19/h6,8-15,20-22H,5,7,16-18H2,1-4H3/b12-8-,13-6+/t20-,21-,22-/m0/s1. The molecule has 3 nitrogen and oxygen atoms in total. The highest BCUT2D eigenvalue weighted by Crippen LogP contribution is 2.34. The van der Waals surface area contributed by atoms with Crippen LogP contribution >= 0.6 is 0 Å². The molecule has 0 amide bonds. The van der Waals surface area contributed by atoms with E-state index in [1.54, 1.807) is 0 Å². The summed E-state index contributed by atoms with van der Waals surface area (Å²) in [5, 5.41) is 0. The van der Waals surface area contributed by atoms with Gasteiger partial charge in [-0.15, -0.1) is 0 Å². The maximum atomic E-state index is 6.25. The summed E-state index contributed by atoms with van der Waals surface area (Å²) in [5.41, 5.74) is 1.18. The van der Waals surface area contributed by atoms with Crippen LogP contribution in [0.1, 0.15) is 52.5 Å². The van der Waals surface area contributed by atoms with Crippen LogP contribution in [0.4, 0.5) is 0 Å². The number of allylic oxidation sites excluding steroid dienone is 3.